The summed E-state index contributed by atoms with van der Waals surface area (Å²) in [4.78, 5) is 11.7. The molecule has 2 nitrogen and oxygen atoms in total. The number of nitrogens with one attached hydrogen (secondary N) is 1. The third-order valence-electron chi connectivity index (χ3n) is 3.41. The molecular formula is C15H17BrFNO. The Balaban J connectivity index is 1.94. The number of benzene rings is 1. The van der Waals surface area contributed by atoms with Crippen LogP contribution in [0.15, 0.2) is 28.7 Å². The van der Waals surface area contributed by atoms with Gasteiger partial charge in [0, 0.05) is 22.2 Å². The molecule has 2 unspecified atom stereocenters. The Labute approximate surface area is 121 Å². The van der Waals surface area contributed by atoms with Gasteiger partial charge >= 0.3 is 0 Å². The average Bonchev–Trinajstić information content (AvgIpc) is 2.76. The molecular weight excluding hydrogens is 309 g/mol. The number of amides is 1. The SMILES string of the molecule is CC1CCC(NC(=O)/C=C/c2cc(Br)ccc2F)C1. The van der Waals surface area contributed by atoms with Gasteiger partial charge in [-0.15, -0.1) is 0 Å². The highest BCUT2D eigenvalue weighted by Gasteiger charge is 2.21. The molecule has 1 amide bonds. The van der Waals surface area contributed by atoms with Crippen LogP contribution in [-0.4, -0.2) is 11.9 Å². The number of carbonyl (C=O) groups is 1. The van der Waals surface area contributed by atoms with E-state index in [1.165, 1.54) is 18.2 Å². The number of carbonyl (C=O) groups excluding carboxylic acids is 1. The summed E-state index contributed by atoms with van der Waals surface area (Å²) < 4.78 is 14.3. The monoisotopic (exact) mass is 325 g/mol. The number of hydrogen-bond donors (Lipinski definition) is 1. The number of rotatable bonds is 3. The van der Waals surface area contributed by atoms with Crippen LogP contribution in [-0.2, 0) is 4.79 Å². The summed E-state index contributed by atoms with van der Waals surface area (Å²) in [6.07, 6.45) is 6.13. The summed E-state index contributed by atoms with van der Waals surface area (Å²) in [5.74, 6) is 0.192. The molecule has 0 radical (unpaired) electrons. The lowest BCUT2D eigenvalue weighted by Gasteiger charge is -2.10. The lowest BCUT2D eigenvalue weighted by atomic mass is 10.1. The van der Waals surface area contributed by atoms with Crippen LogP contribution in [0.1, 0.15) is 31.7 Å². The summed E-state index contributed by atoms with van der Waals surface area (Å²) in [5, 5.41) is 2.95. The highest BCUT2D eigenvalue weighted by Crippen LogP contribution is 2.24. The van der Waals surface area contributed by atoms with E-state index in [2.05, 4.69) is 28.2 Å². The van der Waals surface area contributed by atoms with Crippen LogP contribution in [0.5, 0.6) is 0 Å². The quantitative estimate of drug-likeness (QED) is 0.839. The maximum Gasteiger partial charge on any atom is 0.244 e. The average molecular weight is 326 g/mol. The first-order chi connectivity index (χ1) is 9.04. The summed E-state index contributed by atoms with van der Waals surface area (Å²) in [5.41, 5.74) is 0.407. The molecule has 0 saturated heterocycles. The smallest absolute Gasteiger partial charge is 0.244 e. The van der Waals surface area contributed by atoms with E-state index < -0.39 is 0 Å². The van der Waals surface area contributed by atoms with Gasteiger partial charge in [-0.2, -0.15) is 0 Å². The van der Waals surface area contributed by atoms with Crippen molar-refractivity contribution in [2.24, 2.45) is 5.92 Å². The molecule has 1 aliphatic rings. The molecule has 1 aromatic carbocycles. The van der Waals surface area contributed by atoms with Crippen LogP contribution in [0.4, 0.5) is 4.39 Å². The van der Waals surface area contributed by atoms with Crippen molar-refractivity contribution in [3.63, 3.8) is 0 Å². The van der Waals surface area contributed by atoms with E-state index in [4.69, 9.17) is 0 Å². The van der Waals surface area contributed by atoms with E-state index >= 15 is 0 Å². The molecule has 2 atom stereocenters. The Morgan fingerprint density at radius 1 is 1.47 bits per heavy atom. The highest BCUT2D eigenvalue weighted by atomic mass is 79.9. The minimum atomic E-state index is -0.332. The van der Waals surface area contributed by atoms with Crippen molar-refractivity contribution in [2.45, 2.75) is 32.2 Å². The zero-order valence-corrected chi connectivity index (χ0v) is 12.4. The Kier molecular flexibility index (Phi) is 4.75. The van der Waals surface area contributed by atoms with E-state index in [1.54, 1.807) is 12.1 Å². The highest BCUT2D eigenvalue weighted by molar-refractivity contribution is 9.10. The van der Waals surface area contributed by atoms with Crippen LogP contribution < -0.4 is 5.32 Å². The van der Waals surface area contributed by atoms with Gasteiger partial charge in [0.2, 0.25) is 5.91 Å². The fourth-order valence-corrected chi connectivity index (χ4v) is 2.77. The molecule has 1 fully saturated rings. The second-order valence-electron chi connectivity index (χ2n) is 5.12. The van der Waals surface area contributed by atoms with E-state index in [0.717, 1.165) is 23.7 Å². The maximum atomic E-state index is 13.5. The van der Waals surface area contributed by atoms with Gasteiger partial charge < -0.3 is 5.32 Å². The zero-order chi connectivity index (χ0) is 13.8. The van der Waals surface area contributed by atoms with Crippen molar-refractivity contribution in [2.75, 3.05) is 0 Å². The largest absolute Gasteiger partial charge is 0.350 e. The Hall–Kier alpha value is -1.16. The predicted octanol–water partition coefficient (Wildman–Crippen LogP) is 3.91. The maximum absolute atomic E-state index is 13.5. The first kappa shape index (κ1) is 14.3. The Morgan fingerprint density at radius 2 is 2.26 bits per heavy atom. The van der Waals surface area contributed by atoms with Gasteiger partial charge in [-0.25, -0.2) is 4.39 Å². The van der Waals surface area contributed by atoms with Gasteiger partial charge in [0.25, 0.3) is 0 Å². The molecule has 0 heterocycles. The Morgan fingerprint density at radius 3 is 2.95 bits per heavy atom. The molecule has 1 aromatic rings. The fourth-order valence-electron chi connectivity index (χ4n) is 2.40. The molecule has 0 spiro atoms. The van der Waals surface area contributed by atoms with Crippen molar-refractivity contribution in [1.29, 1.82) is 0 Å². The van der Waals surface area contributed by atoms with Crippen LogP contribution >= 0.6 is 15.9 Å². The number of halogens is 2. The lowest BCUT2D eigenvalue weighted by Crippen LogP contribution is -2.31. The lowest BCUT2D eigenvalue weighted by molar-refractivity contribution is -0.117. The molecule has 1 saturated carbocycles. The van der Waals surface area contributed by atoms with E-state index in [1.807, 2.05) is 0 Å². The van der Waals surface area contributed by atoms with Gasteiger partial charge in [-0.1, -0.05) is 22.9 Å². The summed E-state index contributed by atoms with van der Waals surface area (Å²) in [6, 6.07) is 4.92. The van der Waals surface area contributed by atoms with Crippen molar-refractivity contribution < 1.29 is 9.18 Å². The van der Waals surface area contributed by atoms with Crippen molar-refractivity contribution in [3.8, 4) is 0 Å². The Bertz CT molecular complexity index is 501. The molecule has 2 rings (SSSR count). The molecule has 4 heteroatoms. The van der Waals surface area contributed by atoms with Gasteiger partial charge in [0.15, 0.2) is 0 Å². The summed E-state index contributed by atoms with van der Waals surface area (Å²) >= 11 is 3.28. The van der Waals surface area contributed by atoms with E-state index in [-0.39, 0.29) is 17.8 Å². The zero-order valence-electron chi connectivity index (χ0n) is 10.8. The summed E-state index contributed by atoms with van der Waals surface area (Å²) in [7, 11) is 0. The third-order valence-corrected chi connectivity index (χ3v) is 3.91. The second kappa shape index (κ2) is 6.33. The third kappa shape index (κ3) is 4.16. The van der Waals surface area contributed by atoms with Gasteiger partial charge in [-0.3, -0.25) is 4.79 Å². The standard InChI is InChI=1S/C15H17BrFNO/c1-10-2-5-13(8-10)18-15(19)7-3-11-9-12(16)4-6-14(11)17/h3-4,6-7,9-10,13H,2,5,8H2,1H3,(H,18,19)/b7-3+. The second-order valence-corrected chi connectivity index (χ2v) is 6.04. The predicted molar refractivity (Wildman–Crippen MR) is 78.1 cm³/mol. The number of hydrogen-bond acceptors (Lipinski definition) is 1. The van der Waals surface area contributed by atoms with Crippen LogP contribution in [0.2, 0.25) is 0 Å². The first-order valence-electron chi connectivity index (χ1n) is 6.48. The fraction of sp³-hybridized carbons (Fsp3) is 0.400. The van der Waals surface area contributed by atoms with Crippen LogP contribution in [0, 0.1) is 11.7 Å². The van der Waals surface area contributed by atoms with Gasteiger partial charge in [-0.05, 0) is 49.5 Å². The van der Waals surface area contributed by atoms with Gasteiger partial charge in [0.05, 0.1) is 0 Å². The topological polar surface area (TPSA) is 29.1 Å². The molecule has 0 aliphatic heterocycles. The molecule has 0 bridgehead atoms. The summed E-state index contributed by atoms with van der Waals surface area (Å²) in [6.45, 7) is 2.19. The van der Waals surface area contributed by atoms with Crippen molar-refractivity contribution in [3.05, 3.63) is 40.1 Å². The molecule has 19 heavy (non-hydrogen) atoms. The molecule has 1 N–H and O–H groups in total. The van der Waals surface area contributed by atoms with E-state index in [0.29, 0.717) is 11.5 Å². The van der Waals surface area contributed by atoms with Gasteiger partial charge in [0.1, 0.15) is 5.82 Å². The first-order valence-corrected chi connectivity index (χ1v) is 7.27. The van der Waals surface area contributed by atoms with Crippen LogP contribution in [0.25, 0.3) is 6.08 Å². The van der Waals surface area contributed by atoms with Crippen molar-refractivity contribution in [1.82, 2.24) is 5.32 Å². The minimum absolute atomic E-state index is 0.154. The van der Waals surface area contributed by atoms with Crippen LogP contribution in [0.3, 0.4) is 0 Å². The normalized spacial score (nSPS) is 22.9. The molecule has 1 aliphatic carbocycles. The molecule has 102 valence electrons. The van der Waals surface area contributed by atoms with Crippen molar-refractivity contribution >= 4 is 27.9 Å². The van der Waals surface area contributed by atoms with E-state index in [9.17, 15) is 9.18 Å². The minimum Gasteiger partial charge on any atom is -0.350 e. The molecule has 0 aromatic heterocycles.